The Morgan fingerprint density at radius 3 is 1.50 bits per heavy atom. The van der Waals surface area contributed by atoms with Gasteiger partial charge in [0.15, 0.2) is 0 Å². The van der Waals surface area contributed by atoms with Crippen molar-refractivity contribution in [1.29, 1.82) is 0 Å². The zero-order chi connectivity index (χ0) is 34.8. The second kappa shape index (κ2) is 11.3. The first-order chi connectivity index (χ1) is 25.6. The number of para-hydroxylation sites is 1. The van der Waals surface area contributed by atoms with E-state index in [1.807, 2.05) is 24.3 Å². The summed E-state index contributed by atoms with van der Waals surface area (Å²) in [6.07, 6.45) is 0. The third-order valence-corrected chi connectivity index (χ3v) is 10.5. The lowest BCUT2D eigenvalue weighted by Crippen LogP contribution is -2.25. The van der Waals surface area contributed by atoms with E-state index in [2.05, 4.69) is 169 Å². The van der Waals surface area contributed by atoms with Crippen LogP contribution >= 0.6 is 0 Å². The molecule has 1 heteroatoms. The van der Waals surface area contributed by atoms with Gasteiger partial charge in [0, 0.05) is 17.1 Å². The van der Waals surface area contributed by atoms with Gasteiger partial charge in [-0.1, -0.05) is 158 Å². The van der Waals surface area contributed by atoms with Crippen LogP contribution in [0.4, 0.5) is 17.1 Å². The average molecular weight is 638 g/mol. The van der Waals surface area contributed by atoms with Crippen LogP contribution < -0.4 is 4.90 Å². The third kappa shape index (κ3) is 4.27. The molecule has 0 unspecified atom stereocenters. The Labute approximate surface area is 295 Å². The molecule has 0 atom stereocenters. The minimum atomic E-state index is -0.483. The summed E-state index contributed by atoms with van der Waals surface area (Å²) < 4.78 is 18.7. The normalized spacial score (nSPS) is 14.2. The van der Waals surface area contributed by atoms with Crippen molar-refractivity contribution in [3.63, 3.8) is 0 Å². The van der Waals surface area contributed by atoms with E-state index in [0.717, 1.165) is 22.6 Å². The van der Waals surface area contributed by atoms with Crippen LogP contribution in [0, 0.1) is 0 Å². The van der Waals surface area contributed by atoms with Crippen LogP contribution in [-0.2, 0) is 5.41 Å². The van der Waals surface area contributed by atoms with E-state index in [4.69, 9.17) is 0 Å². The Hall–Kier alpha value is -6.44. The molecule has 0 heterocycles. The van der Waals surface area contributed by atoms with Crippen molar-refractivity contribution in [3.8, 4) is 22.3 Å². The quantitative estimate of drug-likeness (QED) is 0.170. The maximum Gasteiger partial charge on any atom is 0.0725 e. The Kier molecular flexibility index (Phi) is 6.00. The Morgan fingerprint density at radius 1 is 0.360 bits per heavy atom. The molecule has 0 aromatic heterocycles. The number of hydrogen-bond donors (Lipinski definition) is 0. The van der Waals surface area contributed by atoms with Gasteiger partial charge in [0.05, 0.1) is 8.16 Å². The summed E-state index contributed by atoms with van der Waals surface area (Å²) >= 11 is 0. The average Bonchev–Trinajstić information content (AvgIpc) is 3.68. The lowest BCUT2D eigenvalue weighted by Gasteiger charge is -2.30. The maximum atomic E-state index is 9.39. The Balaban J connectivity index is 1.07. The van der Waals surface area contributed by atoms with Gasteiger partial charge < -0.3 is 4.90 Å². The van der Waals surface area contributed by atoms with Crippen molar-refractivity contribution in [2.75, 3.05) is 4.90 Å². The highest BCUT2D eigenvalue weighted by Crippen LogP contribution is 2.62. The number of nitrogens with zero attached hydrogens (tertiary/aromatic N) is 1. The molecule has 0 saturated heterocycles. The number of hydrogen-bond acceptors (Lipinski definition) is 1. The van der Waals surface area contributed by atoms with Crippen LogP contribution in [0.2, 0.25) is 0 Å². The van der Waals surface area contributed by atoms with Gasteiger partial charge >= 0.3 is 0 Å². The SMILES string of the molecule is [2H]/C(=C(/[2H])c1ccc2c(c1)C1(c3ccccc3-c3ccccc31)c1ccccc1-2)c1ccc(N(c2ccccc2)c2ccc3ccccc3c2)cc1. The largest absolute Gasteiger partial charge is 0.310 e. The van der Waals surface area contributed by atoms with Gasteiger partial charge in [-0.3, -0.25) is 0 Å². The summed E-state index contributed by atoms with van der Waals surface area (Å²) in [5.41, 5.74) is 14.0. The molecule has 8 aromatic rings. The smallest absolute Gasteiger partial charge is 0.0725 e. The Bertz CT molecular complexity index is 2650. The van der Waals surface area contributed by atoms with Crippen molar-refractivity contribution in [1.82, 2.24) is 0 Å². The Morgan fingerprint density at radius 2 is 0.840 bits per heavy atom. The second-order valence-electron chi connectivity index (χ2n) is 13.1. The summed E-state index contributed by atoms with van der Waals surface area (Å²) in [6, 6.07) is 66.3. The molecule has 0 aliphatic heterocycles. The van der Waals surface area contributed by atoms with E-state index in [1.54, 1.807) is 0 Å². The molecule has 1 spiro atoms. The minimum Gasteiger partial charge on any atom is -0.310 e. The van der Waals surface area contributed by atoms with E-state index in [0.29, 0.717) is 5.56 Å². The summed E-state index contributed by atoms with van der Waals surface area (Å²) in [6.45, 7) is 0. The molecule has 2 aliphatic carbocycles. The molecule has 10 rings (SSSR count). The molecule has 0 bridgehead atoms. The molecular weight excluding hydrogens is 603 g/mol. The molecule has 0 saturated carbocycles. The molecule has 0 radical (unpaired) electrons. The summed E-state index contributed by atoms with van der Waals surface area (Å²) in [5, 5.41) is 2.38. The van der Waals surface area contributed by atoms with E-state index in [1.165, 1.54) is 55.3 Å². The van der Waals surface area contributed by atoms with Gasteiger partial charge in [-0.25, -0.2) is 0 Å². The fourth-order valence-corrected chi connectivity index (χ4v) is 8.35. The summed E-state index contributed by atoms with van der Waals surface area (Å²) in [7, 11) is 0. The van der Waals surface area contributed by atoms with Gasteiger partial charge in [0.25, 0.3) is 0 Å². The maximum absolute atomic E-state index is 9.39. The number of rotatable bonds is 5. The van der Waals surface area contributed by atoms with Crippen LogP contribution in [0.5, 0.6) is 0 Å². The molecule has 1 nitrogen and oxygen atoms in total. The van der Waals surface area contributed by atoms with Gasteiger partial charge in [-0.15, -0.1) is 0 Å². The zero-order valence-electron chi connectivity index (χ0n) is 29.3. The molecule has 0 amide bonds. The molecule has 0 fully saturated rings. The third-order valence-electron chi connectivity index (χ3n) is 10.5. The van der Waals surface area contributed by atoms with E-state index < -0.39 is 5.41 Å². The highest BCUT2D eigenvalue weighted by atomic mass is 15.1. The van der Waals surface area contributed by atoms with Crippen LogP contribution in [0.1, 0.15) is 36.1 Å². The first-order valence-electron chi connectivity index (χ1n) is 18.2. The fourth-order valence-electron chi connectivity index (χ4n) is 8.35. The molecule has 8 aromatic carbocycles. The highest BCUT2D eigenvalue weighted by molar-refractivity contribution is 5.95. The molecule has 50 heavy (non-hydrogen) atoms. The number of benzene rings is 8. The van der Waals surface area contributed by atoms with Crippen LogP contribution in [0.3, 0.4) is 0 Å². The van der Waals surface area contributed by atoms with E-state index in [-0.39, 0.29) is 12.1 Å². The predicted molar refractivity (Wildman–Crippen MR) is 210 cm³/mol. The molecule has 0 N–H and O–H groups in total. The number of anilines is 3. The van der Waals surface area contributed by atoms with Gasteiger partial charge in [-0.2, -0.15) is 0 Å². The zero-order valence-corrected chi connectivity index (χ0v) is 27.3. The topological polar surface area (TPSA) is 3.24 Å². The van der Waals surface area contributed by atoms with Crippen LogP contribution in [-0.4, -0.2) is 0 Å². The van der Waals surface area contributed by atoms with Gasteiger partial charge in [0.1, 0.15) is 0 Å². The van der Waals surface area contributed by atoms with Crippen LogP contribution in [0.25, 0.3) is 45.1 Å². The van der Waals surface area contributed by atoms with Crippen molar-refractivity contribution >= 4 is 39.9 Å². The van der Waals surface area contributed by atoms with Gasteiger partial charge in [-0.05, 0) is 109 Å². The number of fused-ring (bicyclic) bond motifs is 11. The lowest BCUT2D eigenvalue weighted by atomic mass is 9.70. The van der Waals surface area contributed by atoms with Crippen molar-refractivity contribution in [2.24, 2.45) is 0 Å². The van der Waals surface area contributed by atoms with E-state index in [9.17, 15) is 2.74 Å². The fraction of sp³-hybridized carbons (Fsp3) is 0.0204. The van der Waals surface area contributed by atoms with Crippen molar-refractivity contribution in [3.05, 3.63) is 221 Å². The predicted octanol–water partition coefficient (Wildman–Crippen LogP) is 12.8. The first-order valence-corrected chi connectivity index (χ1v) is 17.2. The lowest BCUT2D eigenvalue weighted by molar-refractivity contribution is 0.793. The van der Waals surface area contributed by atoms with Crippen molar-refractivity contribution in [2.45, 2.75) is 5.41 Å². The molecular formula is C49H33N. The second-order valence-corrected chi connectivity index (χ2v) is 13.1. The molecule has 234 valence electrons. The van der Waals surface area contributed by atoms with Crippen molar-refractivity contribution < 1.29 is 2.74 Å². The summed E-state index contributed by atoms with van der Waals surface area (Å²) in [4.78, 5) is 2.24. The first kappa shape index (κ1) is 26.5. The highest BCUT2D eigenvalue weighted by Gasteiger charge is 2.51. The van der Waals surface area contributed by atoms with Gasteiger partial charge in [0.2, 0.25) is 0 Å². The monoisotopic (exact) mass is 637 g/mol. The minimum absolute atomic E-state index is 0.195. The molecule has 2 aliphatic rings. The standard InChI is InChI=1S/C49H33N/c1-2-14-38(15-3-1)50(40-30-27-36-12-4-5-13-37(36)33-40)39-28-24-34(25-29-39)22-23-35-26-31-44-43-18-8-11-21-47(43)49(48(44)32-35)45-19-9-6-16-41(45)42-17-7-10-20-46(42)49/h1-33H/b23-22+/i22D,23D. The van der Waals surface area contributed by atoms with Crippen LogP contribution in [0.15, 0.2) is 188 Å². The van der Waals surface area contributed by atoms with E-state index >= 15 is 0 Å². The summed E-state index contributed by atoms with van der Waals surface area (Å²) in [5.74, 6) is 0.